The first-order chi connectivity index (χ1) is 12.6. The second kappa shape index (κ2) is 8.54. The van der Waals surface area contributed by atoms with E-state index in [2.05, 4.69) is 15.9 Å². The van der Waals surface area contributed by atoms with Crippen LogP contribution >= 0.6 is 15.9 Å². The van der Waals surface area contributed by atoms with Crippen LogP contribution in [0.5, 0.6) is 0 Å². The molecule has 0 unspecified atom stereocenters. The van der Waals surface area contributed by atoms with Gasteiger partial charge in [0.1, 0.15) is 0 Å². The fraction of sp³-hybridized carbons (Fsp3) is 0.300. The van der Waals surface area contributed by atoms with Crippen molar-refractivity contribution in [2.45, 2.75) is 19.4 Å². The van der Waals surface area contributed by atoms with Crippen molar-refractivity contribution in [3.05, 3.63) is 64.6 Å². The molecule has 2 aromatic carbocycles. The molecule has 0 saturated carbocycles. The third-order valence-electron chi connectivity index (χ3n) is 4.88. The van der Waals surface area contributed by atoms with Gasteiger partial charge in [-0.25, -0.2) is 0 Å². The summed E-state index contributed by atoms with van der Waals surface area (Å²) in [4.78, 5) is 28.6. The van der Waals surface area contributed by atoms with Crippen LogP contribution in [0.4, 0.5) is 10.5 Å². The minimum atomic E-state index is -0.0542. The topological polar surface area (TPSA) is 40.6 Å². The second-order valence-corrected chi connectivity index (χ2v) is 7.50. The molecular weight excluding hydrogens is 391 g/mol. The van der Waals surface area contributed by atoms with E-state index >= 15 is 0 Å². The molecule has 0 aromatic heterocycles. The van der Waals surface area contributed by atoms with Crippen LogP contribution in [-0.4, -0.2) is 37.5 Å². The summed E-state index contributed by atoms with van der Waals surface area (Å²) in [5.41, 5.74) is 1.98. The standard InChI is InChI=1S/C20H22BBrN2O2/c21-20(26)23-12-10-16(11-13-23)19(25)24(14-15-6-2-1-3-7-15)18-9-5-4-8-17(18)22/h1-9,16H,10-14,21H2. The van der Waals surface area contributed by atoms with E-state index in [1.165, 1.54) is 0 Å². The number of carbonyl (C=O) groups excluding carboxylic acids is 2. The fourth-order valence-corrected chi connectivity index (χ4v) is 3.88. The lowest BCUT2D eigenvalue weighted by atomic mass is 9.93. The highest BCUT2D eigenvalue weighted by molar-refractivity contribution is 9.10. The summed E-state index contributed by atoms with van der Waals surface area (Å²) in [5.74, 6) is 0.160. The van der Waals surface area contributed by atoms with Crippen molar-refractivity contribution in [2.75, 3.05) is 18.0 Å². The van der Waals surface area contributed by atoms with Crippen molar-refractivity contribution in [3.8, 4) is 0 Å². The van der Waals surface area contributed by atoms with Gasteiger partial charge in [-0.15, -0.1) is 0 Å². The van der Waals surface area contributed by atoms with Crippen molar-refractivity contribution in [2.24, 2.45) is 5.92 Å². The van der Waals surface area contributed by atoms with Gasteiger partial charge in [0.2, 0.25) is 13.8 Å². The van der Waals surface area contributed by atoms with E-state index in [1.807, 2.05) is 64.4 Å². The molecular formula is C20H22BBrN2O2. The molecule has 1 aliphatic rings. The Morgan fingerprint density at radius 3 is 2.27 bits per heavy atom. The first-order valence-corrected chi connectivity index (χ1v) is 9.71. The molecule has 6 heteroatoms. The zero-order valence-corrected chi connectivity index (χ0v) is 16.5. The van der Waals surface area contributed by atoms with Crippen LogP contribution in [0.2, 0.25) is 0 Å². The molecule has 1 aliphatic heterocycles. The Morgan fingerprint density at radius 2 is 1.65 bits per heavy atom. The minimum absolute atomic E-state index is 0.0542. The van der Waals surface area contributed by atoms with Crippen LogP contribution in [0.3, 0.4) is 0 Å². The summed E-state index contributed by atoms with van der Waals surface area (Å²) >= 11 is 3.58. The molecule has 26 heavy (non-hydrogen) atoms. The third-order valence-corrected chi connectivity index (χ3v) is 5.55. The molecule has 0 spiro atoms. The predicted molar refractivity (Wildman–Crippen MR) is 110 cm³/mol. The van der Waals surface area contributed by atoms with E-state index in [0.29, 0.717) is 32.5 Å². The summed E-state index contributed by atoms with van der Waals surface area (Å²) in [6.45, 7) is 1.84. The van der Waals surface area contributed by atoms with Crippen molar-refractivity contribution in [1.82, 2.24) is 4.90 Å². The van der Waals surface area contributed by atoms with Gasteiger partial charge in [-0.2, -0.15) is 0 Å². The monoisotopic (exact) mass is 412 g/mol. The molecule has 2 aromatic rings. The molecule has 0 N–H and O–H groups in total. The van der Waals surface area contributed by atoms with Crippen LogP contribution in [0.25, 0.3) is 0 Å². The average molecular weight is 413 g/mol. The number of benzene rings is 2. The number of piperidine rings is 1. The Kier molecular flexibility index (Phi) is 6.14. The van der Waals surface area contributed by atoms with Gasteiger partial charge >= 0.3 is 0 Å². The van der Waals surface area contributed by atoms with E-state index in [-0.39, 0.29) is 17.6 Å². The summed E-state index contributed by atoms with van der Waals surface area (Å²) in [6, 6.07) is 17.9. The number of carbonyl (C=O) groups is 2. The largest absolute Gasteiger partial charge is 0.352 e. The van der Waals surface area contributed by atoms with E-state index in [9.17, 15) is 9.59 Å². The number of amides is 2. The third kappa shape index (κ3) is 4.36. The van der Waals surface area contributed by atoms with Crippen LogP contribution < -0.4 is 4.90 Å². The molecule has 0 aliphatic carbocycles. The lowest BCUT2D eigenvalue weighted by Crippen LogP contribution is -2.44. The number of halogens is 1. The highest BCUT2D eigenvalue weighted by atomic mass is 79.9. The molecule has 1 fully saturated rings. The smallest absolute Gasteiger partial charge is 0.230 e. The van der Waals surface area contributed by atoms with E-state index < -0.39 is 0 Å². The van der Waals surface area contributed by atoms with Crippen LogP contribution in [0.15, 0.2) is 59.1 Å². The second-order valence-electron chi connectivity index (χ2n) is 6.64. The maximum Gasteiger partial charge on any atom is 0.230 e. The van der Waals surface area contributed by atoms with Gasteiger partial charge in [-0.05, 0) is 46.5 Å². The average Bonchev–Trinajstić information content (AvgIpc) is 2.67. The zero-order valence-electron chi connectivity index (χ0n) is 14.9. The predicted octanol–water partition coefficient (Wildman–Crippen LogP) is 3.45. The summed E-state index contributed by atoms with van der Waals surface area (Å²) in [5, 5.41) is 0. The Labute approximate surface area is 163 Å². The summed E-state index contributed by atoms with van der Waals surface area (Å²) in [6.07, 6.45) is 1.43. The van der Waals surface area contributed by atoms with Crippen LogP contribution in [0.1, 0.15) is 18.4 Å². The fourth-order valence-electron chi connectivity index (χ4n) is 3.38. The molecule has 0 radical (unpaired) electrons. The molecule has 0 atom stereocenters. The summed E-state index contributed by atoms with van der Waals surface area (Å²) < 4.78 is 0.908. The number of nitrogens with zero attached hydrogens (tertiary/aromatic N) is 2. The number of likely N-dealkylation sites (tertiary alicyclic amines) is 1. The van der Waals surface area contributed by atoms with E-state index in [1.54, 1.807) is 7.85 Å². The zero-order chi connectivity index (χ0) is 18.5. The molecule has 2 amide bonds. The molecule has 134 valence electrons. The van der Waals surface area contributed by atoms with Crippen LogP contribution in [-0.2, 0) is 11.3 Å². The van der Waals surface area contributed by atoms with Crippen molar-refractivity contribution in [1.29, 1.82) is 0 Å². The number of hydrogen-bond acceptors (Lipinski definition) is 2. The van der Waals surface area contributed by atoms with E-state index in [0.717, 1.165) is 15.7 Å². The maximum atomic E-state index is 13.3. The van der Waals surface area contributed by atoms with Gasteiger partial charge < -0.3 is 9.80 Å². The molecule has 0 bridgehead atoms. The van der Waals surface area contributed by atoms with Gasteiger partial charge in [0.15, 0.2) is 5.81 Å². The van der Waals surface area contributed by atoms with Gasteiger partial charge in [0.05, 0.1) is 12.2 Å². The lowest BCUT2D eigenvalue weighted by Gasteiger charge is -2.34. The minimum Gasteiger partial charge on any atom is -0.352 e. The first-order valence-electron chi connectivity index (χ1n) is 8.91. The molecule has 1 heterocycles. The highest BCUT2D eigenvalue weighted by Crippen LogP contribution is 2.30. The number of para-hydroxylation sites is 1. The summed E-state index contributed by atoms with van der Waals surface area (Å²) in [7, 11) is 1.59. The maximum absolute atomic E-state index is 13.3. The van der Waals surface area contributed by atoms with Crippen LogP contribution in [0, 0.1) is 5.92 Å². The number of hydrogen-bond donors (Lipinski definition) is 0. The SMILES string of the molecule is BC(=O)N1CCC(C(=O)N(Cc2ccccc2)c2ccccc2Br)CC1. The van der Waals surface area contributed by atoms with Gasteiger partial charge in [0, 0.05) is 23.5 Å². The Morgan fingerprint density at radius 1 is 1.04 bits per heavy atom. The Balaban J connectivity index is 1.82. The van der Waals surface area contributed by atoms with E-state index in [4.69, 9.17) is 0 Å². The van der Waals surface area contributed by atoms with Crippen molar-refractivity contribution in [3.63, 3.8) is 0 Å². The number of anilines is 1. The van der Waals surface area contributed by atoms with Crippen molar-refractivity contribution >= 4 is 41.2 Å². The van der Waals surface area contributed by atoms with Crippen molar-refractivity contribution < 1.29 is 9.59 Å². The van der Waals surface area contributed by atoms with Gasteiger partial charge in [0.25, 0.3) is 0 Å². The quantitative estimate of drug-likeness (QED) is 0.721. The Bertz CT molecular complexity index is 776. The Hall–Kier alpha value is -2.08. The molecule has 3 rings (SSSR count). The molecule has 1 saturated heterocycles. The van der Waals surface area contributed by atoms with Gasteiger partial charge in [-0.1, -0.05) is 42.5 Å². The molecule has 4 nitrogen and oxygen atoms in total. The normalized spacial score (nSPS) is 14.9. The lowest BCUT2D eigenvalue weighted by molar-refractivity contribution is -0.123. The van der Waals surface area contributed by atoms with Gasteiger partial charge in [-0.3, -0.25) is 9.59 Å². The highest BCUT2D eigenvalue weighted by Gasteiger charge is 2.30. The first kappa shape index (κ1) is 18.7. The number of rotatable bonds is 4.